The predicted molar refractivity (Wildman–Crippen MR) is 87.2 cm³/mol. The first-order valence-corrected chi connectivity index (χ1v) is 8.52. The van der Waals surface area contributed by atoms with E-state index in [0.29, 0.717) is 6.04 Å². The molecule has 0 N–H and O–H groups in total. The summed E-state index contributed by atoms with van der Waals surface area (Å²) in [6, 6.07) is 3.67. The number of fused-ring (bicyclic) bond motifs is 1. The van der Waals surface area contributed by atoms with E-state index in [1.807, 2.05) is 12.4 Å². The van der Waals surface area contributed by atoms with Gasteiger partial charge in [0.05, 0.1) is 0 Å². The Morgan fingerprint density at radius 3 is 2.90 bits per heavy atom. The van der Waals surface area contributed by atoms with Gasteiger partial charge >= 0.3 is 0 Å². The Kier molecular flexibility index (Phi) is 4.60. The molecule has 1 aromatic heterocycles. The lowest BCUT2D eigenvalue weighted by atomic mass is 9.91. The third-order valence-corrected chi connectivity index (χ3v) is 5.36. The summed E-state index contributed by atoms with van der Waals surface area (Å²) >= 11 is 0. The molecule has 2 atom stereocenters. The maximum Gasteiger partial charge on any atom is 0.0300 e. The summed E-state index contributed by atoms with van der Waals surface area (Å²) in [7, 11) is 0. The molecular formula is C18H29N3. The van der Waals surface area contributed by atoms with Gasteiger partial charge in [0.2, 0.25) is 0 Å². The van der Waals surface area contributed by atoms with Gasteiger partial charge in [-0.25, -0.2) is 0 Å². The molecule has 3 rings (SSSR count). The molecule has 0 amide bonds. The van der Waals surface area contributed by atoms with Gasteiger partial charge in [-0.3, -0.25) is 14.8 Å². The summed E-state index contributed by atoms with van der Waals surface area (Å²) in [5.41, 5.74) is 2.77. The fraction of sp³-hybridized carbons (Fsp3) is 0.722. The molecule has 0 aromatic carbocycles. The Hall–Kier alpha value is -0.930. The molecule has 1 aromatic rings. The van der Waals surface area contributed by atoms with Gasteiger partial charge in [0.15, 0.2) is 0 Å². The molecule has 0 bridgehead atoms. The number of piperidine rings is 1. The molecule has 0 radical (unpaired) electrons. The van der Waals surface area contributed by atoms with Crippen LogP contribution in [0.4, 0.5) is 0 Å². The van der Waals surface area contributed by atoms with E-state index in [1.165, 1.54) is 50.0 Å². The van der Waals surface area contributed by atoms with Crippen LogP contribution in [0.1, 0.15) is 44.2 Å². The van der Waals surface area contributed by atoms with Crippen LogP contribution in [0, 0.1) is 12.8 Å². The van der Waals surface area contributed by atoms with Crippen molar-refractivity contribution in [2.45, 2.75) is 58.7 Å². The van der Waals surface area contributed by atoms with E-state index in [0.717, 1.165) is 18.5 Å². The molecule has 0 aliphatic carbocycles. The van der Waals surface area contributed by atoms with E-state index in [-0.39, 0.29) is 0 Å². The van der Waals surface area contributed by atoms with Crippen LogP contribution < -0.4 is 0 Å². The average Bonchev–Trinajstić information content (AvgIpc) is 2.48. The van der Waals surface area contributed by atoms with Crippen molar-refractivity contribution in [1.82, 2.24) is 14.8 Å². The van der Waals surface area contributed by atoms with E-state index in [4.69, 9.17) is 0 Å². The number of pyridine rings is 1. The lowest BCUT2D eigenvalue weighted by Gasteiger charge is -2.50. The van der Waals surface area contributed by atoms with Crippen LogP contribution in [0.5, 0.6) is 0 Å². The van der Waals surface area contributed by atoms with Crippen molar-refractivity contribution >= 4 is 0 Å². The molecule has 2 aliphatic rings. The van der Waals surface area contributed by atoms with E-state index < -0.39 is 0 Å². The highest BCUT2D eigenvalue weighted by Crippen LogP contribution is 2.28. The predicted octanol–water partition coefficient (Wildman–Crippen LogP) is 3.08. The average molecular weight is 287 g/mol. The molecule has 0 spiro atoms. The third kappa shape index (κ3) is 3.29. The molecular weight excluding hydrogens is 258 g/mol. The SMILES string of the molecule is Cc1cnccc1CN1CC2CCCCN2CC1C(C)C. The van der Waals surface area contributed by atoms with Gasteiger partial charge in [0, 0.05) is 44.1 Å². The van der Waals surface area contributed by atoms with Crippen LogP contribution in [-0.4, -0.2) is 46.5 Å². The van der Waals surface area contributed by atoms with E-state index in [1.54, 1.807) is 0 Å². The lowest BCUT2D eigenvalue weighted by Crippen LogP contribution is -2.60. The number of hydrogen-bond donors (Lipinski definition) is 0. The smallest absolute Gasteiger partial charge is 0.0300 e. The largest absolute Gasteiger partial charge is 0.298 e. The topological polar surface area (TPSA) is 19.4 Å². The van der Waals surface area contributed by atoms with E-state index in [9.17, 15) is 0 Å². The molecule has 3 nitrogen and oxygen atoms in total. The van der Waals surface area contributed by atoms with Crippen LogP contribution in [-0.2, 0) is 6.54 Å². The number of nitrogens with zero attached hydrogens (tertiary/aromatic N) is 3. The number of piperazine rings is 1. The molecule has 3 heterocycles. The Bertz CT molecular complexity index is 471. The molecule has 21 heavy (non-hydrogen) atoms. The lowest BCUT2D eigenvalue weighted by molar-refractivity contribution is -0.0119. The normalized spacial score (nSPS) is 27.8. The summed E-state index contributed by atoms with van der Waals surface area (Å²) in [6.07, 6.45) is 8.12. The van der Waals surface area contributed by atoms with Crippen molar-refractivity contribution in [3.63, 3.8) is 0 Å². The van der Waals surface area contributed by atoms with Crippen molar-refractivity contribution in [2.24, 2.45) is 5.92 Å². The summed E-state index contributed by atoms with van der Waals surface area (Å²) < 4.78 is 0. The van der Waals surface area contributed by atoms with Crippen LogP contribution in [0.25, 0.3) is 0 Å². The molecule has 2 fully saturated rings. The van der Waals surface area contributed by atoms with Gasteiger partial charge in [-0.1, -0.05) is 20.3 Å². The van der Waals surface area contributed by atoms with Crippen molar-refractivity contribution in [3.05, 3.63) is 29.6 Å². The Morgan fingerprint density at radius 2 is 2.14 bits per heavy atom. The number of hydrogen-bond acceptors (Lipinski definition) is 3. The van der Waals surface area contributed by atoms with Crippen molar-refractivity contribution in [1.29, 1.82) is 0 Å². The number of aryl methyl sites for hydroxylation is 1. The Balaban J connectivity index is 1.76. The minimum atomic E-state index is 0.687. The molecule has 3 heteroatoms. The van der Waals surface area contributed by atoms with Gasteiger partial charge in [0.25, 0.3) is 0 Å². The zero-order valence-corrected chi connectivity index (χ0v) is 13.8. The molecule has 2 unspecified atom stereocenters. The monoisotopic (exact) mass is 287 g/mol. The Labute approximate surface area is 129 Å². The summed E-state index contributed by atoms with van der Waals surface area (Å²) in [6.45, 7) is 11.8. The highest BCUT2D eigenvalue weighted by atomic mass is 15.3. The first-order chi connectivity index (χ1) is 10.1. The highest BCUT2D eigenvalue weighted by molar-refractivity contribution is 5.21. The molecule has 0 saturated carbocycles. The van der Waals surface area contributed by atoms with Gasteiger partial charge in [-0.2, -0.15) is 0 Å². The Morgan fingerprint density at radius 1 is 1.29 bits per heavy atom. The summed E-state index contributed by atoms with van der Waals surface area (Å²) in [4.78, 5) is 9.72. The first kappa shape index (κ1) is 15.0. The quantitative estimate of drug-likeness (QED) is 0.851. The fourth-order valence-electron chi connectivity index (χ4n) is 3.98. The minimum Gasteiger partial charge on any atom is -0.298 e. The van der Waals surface area contributed by atoms with Crippen LogP contribution in [0.2, 0.25) is 0 Å². The first-order valence-electron chi connectivity index (χ1n) is 8.52. The van der Waals surface area contributed by atoms with Gasteiger partial charge in [-0.05, 0) is 49.4 Å². The highest BCUT2D eigenvalue weighted by Gasteiger charge is 2.36. The van der Waals surface area contributed by atoms with Gasteiger partial charge in [0.1, 0.15) is 0 Å². The summed E-state index contributed by atoms with van der Waals surface area (Å²) in [5, 5.41) is 0. The third-order valence-electron chi connectivity index (χ3n) is 5.36. The fourth-order valence-corrected chi connectivity index (χ4v) is 3.98. The second-order valence-corrected chi connectivity index (χ2v) is 7.19. The van der Waals surface area contributed by atoms with Crippen molar-refractivity contribution < 1.29 is 0 Å². The molecule has 2 saturated heterocycles. The summed E-state index contributed by atoms with van der Waals surface area (Å²) in [5.74, 6) is 0.718. The van der Waals surface area contributed by atoms with Crippen molar-refractivity contribution in [3.8, 4) is 0 Å². The standard InChI is InChI=1S/C18H29N3/c1-14(2)18-13-20-9-5-4-6-17(20)12-21(18)11-16-7-8-19-10-15(16)3/h7-8,10,14,17-18H,4-6,9,11-13H2,1-3H3. The second-order valence-electron chi connectivity index (χ2n) is 7.19. The van der Waals surface area contributed by atoms with Crippen molar-refractivity contribution in [2.75, 3.05) is 19.6 Å². The van der Waals surface area contributed by atoms with Gasteiger partial charge < -0.3 is 0 Å². The van der Waals surface area contributed by atoms with Crippen LogP contribution in [0.3, 0.4) is 0 Å². The zero-order valence-electron chi connectivity index (χ0n) is 13.8. The number of aromatic nitrogens is 1. The van der Waals surface area contributed by atoms with E-state index >= 15 is 0 Å². The maximum atomic E-state index is 4.23. The molecule has 116 valence electrons. The number of rotatable bonds is 3. The minimum absolute atomic E-state index is 0.687. The maximum absolute atomic E-state index is 4.23. The second kappa shape index (κ2) is 6.45. The van der Waals surface area contributed by atoms with Crippen LogP contribution in [0.15, 0.2) is 18.5 Å². The zero-order chi connectivity index (χ0) is 14.8. The van der Waals surface area contributed by atoms with Crippen LogP contribution >= 0.6 is 0 Å². The molecule has 2 aliphatic heterocycles. The van der Waals surface area contributed by atoms with E-state index in [2.05, 4.69) is 41.6 Å². The van der Waals surface area contributed by atoms with Gasteiger partial charge in [-0.15, -0.1) is 0 Å².